The highest BCUT2D eigenvalue weighted by atomic mass is 16.5. The first-order valence-corrected chi connectivity index (χ1v) is 8.79. The summed E-state index contributed by atoms with van der Waals surface area (Å²) in [5.74, 6) is 1.67. The molecule has 0 saturated heterocycles. The molecule has 0 spiro atoms. The number of ether oxygens (including phenoxy) is 2. The van der Waals surface area contributed by atoms with E-state index in [1.807, 2.05) is 36.4 Å². The van der Waals surface area contributed by atoms with Crippen LogP contribution >= 0.6 is 0 Å². The highest BCUT2D eigenvalue weighted by molar-refractivity contribution is 5.93. The third kappa shape index (κ3) is 4.56. The Labute approximate surface area is 163 Å². The highest BCUT2D eigenvalue weighted by Crippen LogP contribution is 2.24. The minimum Gasteiger partial charge on any atom is -0.497 e. The zero-order valence-corrected chi connectivity index (χ0v) is 15.8. The SMILES string of the molecule is COc1ccc(OC)c(CCNc2nccc(-c3ccc(C(N)=O)cc3)n2)c1. The van der Waals surface area contributed by atoms with E-state index in [9.17, 15) is 4.79 Å². The van der Waals surface area contributed by atoms with Crippen LogP contribution in [0.25, 0.3) is 11.3 Å². The summed E-state index contributed by atoms with van der Waals surface area (Å²) < 4.78 is 10.7. The zero-order valence-electron chi connectivity index (χ0n) is 15.8. The monoisotopic (exact) mass is 378 g/mol. The van der Waals surface area contributed by atoms with Crippen molar-refractivity contribution in [2.24, 2.45) is 5.73 Å². The van der Waals surface area contributed by atoms with Gasteiger partial charge in [-0.2, -0.15) is 0 Å². The lowest BCUT2D eigenvalue weighted by Gasteiger charge is -2.11. The number of methoxy groups -OCH3 is 2. The van der Waals surface area contributed by atoms with Crippen LogP contribution in [0.15, 0.2) is 54.7 Å². The van der Waals surface area contributed by atoms with Crippen LogP contribution < -0.4 is 20.5 Å². The highest BCUT2D eigenvalue weighted by Gasteiger charge is 2.07. The predicted octanol–water partition coefficient (Wildman–Crippen LogP) is 2.91. The molecule has 0 atom stereocenters. The fourth-order valence-electron chi connectivity index (χ4n) is 2.80. The minimum absolute atomic E-state index is 0.454. The van der Waals surface area contributed by atoms with Crippen molar-refractivity contribution in [1.29, 1.82) is 0 Å². The lowest BCUT2D eigenvalue weighted by atomic mass is 10.1. The molecule has 144 valence electrons. The maximum atomic E-state index is 11.2. The molecule has 2 aromatic carbocycles. The first kappa shape index (κ1) is 19.2. The van der Waals surface area contributed by atoms with Crippen LogP contribution in [0.3, 0.4) is 0 Å². The molecule has 0 unspecified atom stereocenters. The third-order valence-electron chi connectivity index (χ3n) is 4.29. The van der Waals surface area contributed by atoms with E-state index in [0.29, 0.717) is 18.1 Å². The molecule has 0 aliphatic heterocycles. The lowest BCUT2D eigenvalue weighted by molar-refractivity contribution is 0.100. The number of carbonyl (C=O) groups excluding carboxylic acids is 1. The van der Waals surface area contributed by atoms with Crippen molar-refractivity contribution in [2.75, 3.05) is 26.1 Å². The van der Waals surface area contributed by atoms with Crippen LogP contribution in [0.1, 0.15) is 15.9 Å². The molecule has 3 aromatic rings. The summed E-state index contributed by atoms with van der Waals surface area (Å²) >= 11 is 0. The summed E-state index contributed by atoms with van der Waals surface area (Å²) in [6.07, 6.45) is 2.42. The molecule has 0 radical (unpaired) electrons. The van der Waals surface area contributed by atoms with Crippen LogP contribution in [-0.4, -0.2) is 36.6 Å². The third-order valence-corrected chi connectivity index (χ3v) is 4.29. The average molecular weight is 378 g/mol. The van der Waals surface area contributed by atoms with Crippen molar-refractivity contribution in [3.8, 4) is 22.8 Å². The van der Waals surface area contributed by atoms with Gasteiger partial charge < -0.3 is 20.5 Å². The maximum absolute atomic E-state index is 11.2. The number of amides is 1. The van der Waals surface area contributed by atoms with Gasteiger partial charge in [-0.25, -0.2) is 9.97 Å². The molecule has 28 heavy (non-hydrogen) atoms. The van der Waals surface area contributed by atoms with E-state index in [4.69, 9.17) is 15.2 Å². The van der Waals surface area contributed by atoms with Gasteiger partial charge in [0.25, 0.3) is 0 Å². The van der Waals surface area contributed by atoms with E-state index in [0.717, 1.165) is 34.7 Å². The number of nitrogens with zero attached hydrogens (tertiary/aromatic N) is 2. The number of hydrogen-bond donors (Lipinski definition) is 2. The number of anilines is 1. The van der Waals surface area contributed by atoms with E-state index in [-0.39, 0.29) is 0 Å². The largest absolute Gasteiger partial charge is 0.497 e. The van der Waals surface area contributed by atoms with Crippen LogP contribution in [0.4, 0.5) is 5.95 Å². The van der Waals surface area contributed by atoms with Crippen molar-refractivity contribution in [3.63, 3.8) is 0 Å². The molecular formula is C21H22N4O3. The number of nitrogens with one attached hydrogen (secondary N) is 1. The standard InChI is InChI=1S/C21H22N4O3/c1-27-17-7-8-19(28-2)16(13-17)9-11-23-21-24-12-10-18(25-21)14-3-5-15(6-4-14)20(22)26/h3-8,10,12-13H,9,11H2,1-2H3,(H2,22,26)(H,23,24,25). The molecule has 0 aliphatic carbocycles. The van der Waals surface area contributed by atoms with Crippen molar-refractivity contribution >= 4 is 11.9 Å². The van der Waals surface area contributed by atoms with Gasteiger partial charge in [0.05, 0.1) is 19.9 Å². The molecule has 0 fully saturated rings. The Kier molecular flexibility index (Phi) is 6.06. The van der Waals surface area contributed by atoms with Gasteiger partial charge in [0.15, 0.2) is 0 Å². The van der Waals surface area contributed by atoms with E-state index >= 15 is 0 Å². The number of aromatic nitrogens is 2. The number of benzene rings is 2. The average Bonchev–Trinajstić information content (AvgIpc) is 2.74. The van der Waals surface area contributed by atoms with Gasteiger partial charge in [0.2, 0.25) is 11.9 Å². The summed E-state index contributed by atoms with van der Waals surface area (Å²) in [6.45, 7) is 0.633. The fraction of sp³-hybridized carbons (Fsp3) is 0.190. The van der Waals surface area contributed by atoms with Crippen molar-refractivity contribution in [3.05, 3.63) is 65.9 Å². The number of nitrogens with two attached hydrogens (primary N) is 1. The molecule has 0 saturated carbocycles. The Hall–Kier alpha value is -3.61. The van der Waals surface area contributed by atoms with Crippen LogP contribution in [0.5, 0.6) is 11.5 Å². The van der Waals surface area contributed by atoms with Crippen LogP contribution in [0.2, 0.25) is 0 Å². The van der Waals surface area contributed by atoms with Gasteiger partial charge in [-0.1, -0.05) is 12.1 Å². The summed E-state index contributed by atoms with van der Waals surface area (Å²) in [5.41, 5.74) is 8.41. The summed E-state index contributed by atoms with van der Waals surface area (Å²) in [4.78, 5) is 20.0. The maximum Gasteiger partial charge on any atom is 0.248 e. The van der Waals surface area contributed by atoms with Gasteiger partial charge in [-0.3, -0.25) is 4.79 Å². The quantitative estimate of drug-likeness (QED) is 0.625. The zero-order chi connectivity index (χ0) is 19.9. The Morgan fingerprint density at radius 1 is 1.07 bits per heavy atom. The van der Waals surface area contributed by atoms with E-state index in [1.54, 1.807) is 32.5 Å². The first-order valence-electron chi connectivity index (χ1n) is 8.79. The number of primary amides is 1. The molecule has 7 heteroatoms. The molecule has 0 bridgehead atoms. The molecule has 7 nitrogen and oxygen atoms in total. The van der Waals surface area contributed by atoms with Gasteiger partial charge in [0.1, 0.15) is 11.5 Å². The Morgan fingerprint density at radius 3 is 2.54 bits per heavy atom. The smallest absolute Gasteiger partial charge is 0.248 e. The van der Waals surface area contributed by atoms with Gasteiger partial charge in [-0.15, -0.1) is 0 Å². The molecule has 3 N–H and O–H groups in total. The fourth-order valence-corrected chi connectivity index (χ4v) is 2.80. The van der Waals surface area contributed by atoms with E-state index in [2.05, 4.69) is 15.3 Å². The molecule has 1 heterocycles. The van der Waals surface area contributed by atoms with Crippen LogP contribution in [-0.2, 0) is 6.42 Å². The first-order chi connectivity index (χ1) is 13.6. The summed E-state index contributed by atoms with van der Waals surface area (Å²) in [7, 11) is 3.29. The van der Waals surface area contributed by atoms with Crippen molar-refractivity contribution < 1.29 is 14.3 Å². The van der Waals surface area contributed by atoms with Gasteiger partial charge in [0, 0.05) is 23.9 Å². The second-order valence-corrected chi connectivity index (χ2v) is 6.06. The lowest BCUT2D eigenvalue weighted by Crippen LogP contribution is -2.10. The minimum atomic E-state index is -0.454. The van der Waals surface area contributed by atoms with Crippen molar-refractivity contribution in [2.45, 2.75) is 6.42 Å². The summed E-state index contributed by atoms with van der Waals surface area (Å²) in [6, 6.07) is 14.5. The number of carbonyl (C=O) groups is 1. The number of rotatable bonds is 8. The Bertz CT molecular complexity index is 958. The van der Waals surface area contributed by atoms with Gasteiger partial charge in [-0.05, 0) is 48.4 Å². The molecule has 1 aromatic heterocycles. The van der Waals surface area contributed by atoms with E-state index < -0.39 is 5.91 Å². The molecular weight excluding hydrogens is 356 g/mol. The van der Waals surface area contributed by atoms with Crippen molar-refractivity contribution in [1.82, 2.24) is 9.97 Å². The Balaban J connectivity index is 1.68. The summed E-state index contributed by atoms with van der Waals surface area (Å²) in [5, 5.41) is 3.23. The predicted molar refractivity (Wildman–Crippen MR) is 108 cm³/mol. The molecule has 1 amide bonds. The number of hydrogen-bond acceptors (Lipinski definition) is 6. The topological polar surface area (TPSA) is 99.4 Å². The molecule has 0 aliphatic rings. The Morgan fingerprint density at radius 2 is 1.86 bits per heavy atom. The van der Waals surface area contributed by atoms with Crippen LogP contribution in [0, 0.1) is 0 Å². The second kappa shape index (κ2) is 8.85. The van der Waals surface area contributed by atoms with Gasteiger partial charge >= 0.3 is 0 Å². The second-order valence-electron chi connectivity index (χ2n) is 6.06. The normalized spacial score (nSPS) is 10.4. The molecule has 3 rings (SSSR count). The van der Waals surface area contributed by atoms with E-state index in [1.165, 1.54) is 0 Å².